The predicted octanol–water partition coefficient (Wildman–Crippen LogP) is 3.21. The average molecular weight is 376 g/mol. The molecule has 0 aliphatic carbocycles. The Hall–Kier alpha value is -2.22. The Morgan fingerprint density at radius 3 is 2.65 bits per heavy atom. The number of hydrogen-bond donors (Lipinski definition) is 1. The van der Waals surface area contributed by atoms with E-state index in [9.17, 15) is 9.59 Å². The van der Waals surface area contributed by atoms with Crippen molar-refractivity contribution in [2.75, 3.05) is 18.4 Å². The summed E-state index contributed by atoms with van der Waals surface area (Å²) in [4.78, 5) is 26.5. The van der Waals surface area contributed by atoms with E-state index < -0.39 is 0 Å². The minimum atomic E-state index is -0.121. The van der Waals surface area contributed by atoms with Gasteiger partial charge in [0.1, 0.15) is 5.01 Å². The molecule has 1 aliphatic heterocycles. The van der Waals surface area contributed by atoms with Gasteiger partial charge in [0, 0.05) is 25.4 Å². The standard InChI is InChI=1S/C18H24N4O3S/c1-18(2,3)11-14-20-21-17(26-14)19-15(23)12-6-8-22(9-7-12)16(24)13-5-4-10-25-13/h4-5,10,12H,6-9,11H2,1-3H3,(H,19,21,23). The summed E-state index contributed by atoms with van der Waals surface area (Å²) in [5, 5.41) is 12.6. The number of amides is 2. The zero-order chi connectivity index (χ0) is 18.7. The zero-order valence-electron chi connectivity index (χ0n) is 15.3. The first kappa shape index (κ1) is 18.6. The number of likely N-dealkylation sites (tertiary alicyclic amines) is 1. The number of carbonyl (C=O) groups is 2. The van der Waals surface area contributed by atoms with Crippen molar-refractivity contribution >= 4 is 28.3 Å². The third-order valence-corrected chi connectivity index (χ3v) is 5.10. The summed E-state index contributed by atoms with van der Waals surface area (Å²) in [7, 11) is 0. The van der Waals surface area contributed by atoms with Crippen molar-refractivity contribution in [1.82, 2.24) is 15.1 Å². The normalized spacial score (nSPS) is 15.9. The van der Waals surface area contributed by atoms with Gasteiger partial charge in [0.2, 0.25) is 11.0 Å². The van der Waals surface area contributed by atoms with Gasteiger partial charge in [-0.15, -0.1) is 10.2 Å². The van der Waals surface area contributed by atoms with Crippen LogP contribution in [0.1, 0.15) is 49.2 Å². The molecular formula is C18H24N4O3S. The maximum Gasteiger partial charge on any atom is 0.289 e. The summed E-state index contributed by atoms with van der Waals surface area (Å²) in [6, 6.07) is 3.36. The van der Waals surface area contributed by atoms with Gasteiger partial charge in [0.05, 0.1) is 6.26 Å². The molecule has 0 spiro atoms. The highest BCUT2D eigenvalue weighted by atomic mass is 32.1. The fourth-order valence-corrected chi connectivity index (χ4v) is 3.98. The maximum absolute atomic E-state index is 12.5. The summed E-state index contributed by atoms with van der Waals surface area (Å²) >= 11 is 1.42. The number of nitrogens with one attached hydrogen (secondary N) is 1. The largest absolute Gasteiger partial charge is 0.459 e. The zero-order valence-corrected chi connectivity index (χ0v) is 16.1. The van der Waals surface area contributed by atoms with Crippen molar-refractivity contribution in [2.45, 2.75) is 40.0 Å². The Morgan fingerprint density at radius 2 is 2.04 bits per heavy atom. The Bertz CT molecular complexity index is 756. The lowest BCUT2D eigenvalue weighted by molar-refractivity contribution is -0.121. The lowest BCUT2D eigenvalue weighted by Crippen LogP contribution is -2.41. The maximum atomic E-state index is 12.5. The van der Waals surface area contributed by atoms with Crippen LogP contribution in [-0.2, 0) is 11.2 Å². The summed E-state index contributed by atoms with van der Waals surface area (Å²) < 4.78 is 5.15. The van der Waals surface area contributed by atoms with Gasteiger partial charge in [-0.2, -0.15) is 0 Å². The third kappa shape index (κ3) is 4.69. The van der Waals surface area contributed by atoms with E-state index in [-0.39, 0.29) is 23.1 Å². The highest BCUT2D eigenvalue weighted by molar-refractivity contribution is 7.15. The van der Waals surface area contributed by atoms with E-state index in [1.807, 2.05) is 0 Å². The Balaban J connectivity index is 1.50. The fourth-order valence-electron chi connectivity index (χ4n) is 2.94. The quantitative estimate of drug-likeness (QED) is 0.885. The lowest BCUT2D eigenvalue weighted by Gasteiger charge is -2.30. The van der Waals surface area contributed by atoms with Crippen molar-refractivity contribution in [2.24, 2.45) is 11.3 Å². The second kappa shape index (κ2) is 7.57. The first-order chi connectivity index (χ1) is 12.3. The molecule has 2 aromatic heterocycles. The van der Waals surface area contributed by atoms with Crippen LogP contribution in [0.25, 0.3) is 0 Å². The second-order valence-corrected chi connectivity index (χ2v) is 8.83. The molecule has 2 amide bonds. The van der Waals surface area contributed by atoms with Crippen LogP contribution < -0.4 is 5.32 Å². The van der Waals surface area contributed by atoms with Crippen LogP contribution in [-0.4, -0.2) is 40.0 Å². The van der Waals surface area contributed by atoms with Crippen LogP contribution in [0, 0.1) is 11.3 Å². The molecule has 3 heterocycles. The van der Waals surface area contributed by atoms with E-state index in [1.54, 1.807) is 17.0 Å². The van der Waals surface area contributed by atoms with Gasteiger partial charge in [0.15, 0.2) is 5.76 Å². The molecule has 3 rings (SSSR count). The van der Waals surface area contributed by atoms with E-state index >= 15 is 0 Å². The number of furan rings is 1. The number of anilines is 1. The Labute approximate surface area is 156 Å². The molecule has 26 heavy (non-hydrogen) atoms. The number of carbonyl (C=O) groups excluding carboxylic acids is 2. The molecular weight excluding hydrogens is 352 g/mol. The van der Waals surface area contributed by atoms with Crippen LogP contribution >= 0.6 is 11.3 Å². The second-order valence-electron chi connectivity index (χ2n) is 7.77. The summed E-state index contributed by atoms with van der Waals surface area (Å²) in [6.07, 6.45) is 3.58. The molecule has 140 valence electrons. The van der Waals surface area contributed by atoms with Crippen molar-refractivity contribution in [3.8, 4) is 0 Å². The molecule has 0 atom stereocenters. The number of aromatic nitrogens is 2. The van der Waals surface area contributed by atoms with E-state index in [2.05, 4.69) is 36.3 Å². The van der Waals surface area contributed by atoms with Crippen LogP contribution in [0.2, 0.25) is 0 Å². The van der Waals surface area contributed by atoms with Gasteiger partial charge in [-0.05, 0) is 30.4 Å². The number of piperidine rings is 1. The predicted molar refractivity (Wildman–Crippen MR) is 99.0 cm³/mol. The first-order valence-corrected chi connectivity index (χ1v) is 9.59. The molecule has 0 bridgehead atoms. The van der Waals surface area contributed by atoms with Crippen LogP contribution in [0.15, 0.2) is 22.8 Å². The van der Waals surface area contributed by atoms with Gasteiger partial charge >= 0.3 is 0 Å². The molecule has 1 fully saturated rings. The van der Waals surface area contributed by atoms with E-state index in [0.29, 0.717) is 36.8 Å². The lowest BCUT2D eigenvalue weighted by atomic mass is 9.93. The van der Waals surface area contributed by atoms with Crippen molar-refractivity contribution in [1.29, 1.82) is 0 Å². The highest BCUT2D eigenvalue weighted by Crippen LogP contribution is 2.26. The van der Waals surface area contributed by atoms with Gasteiger partial charge in [-0.25, -0.2) is 0 Å². The molecule has 7 nitrogen and oxygen atoms in total. The fraction of sp³-hybridized carbons (Fsp3) is 0.556. The molecule has 1 N–H and O–H groups in total. The minimum absolute atomic E-state index is 0.0476. The van der Waals surface area contributed by atoms with Crippen molar-refractivity contribution in [3.63, 3.8) is 0 Å². The molecule has 0 radical (unpaired) electrons. The average Bonchev–Trinajstić information content (AvgIpc) is 3.25. The summed E-state index contributed by atoms with van der Waals surface area (Å²) in [6.45, 7) is 7.52. The summed E-state index contributed by atoms with van der Waals surface area (Å²) in [5.74, 6) is 0.0529. The van der Waals surface area contributed by atoms with Gasteiger partial charge in [-0.3, -0.25) is 9.59 Å². The van der Waals surface area contributed by atoms with Gasteiger partial charge < -0.3 is 14.6 Å². The van der Waals surface area contributed by atoms with Gasteiger partial charge in [-0.1, -0.05) is 32.1 Å². The molecule has 0 saturated carbocycles. The molecule has 1 aliphatic rings. The molecule has 8 heteroatoms. The topological polar surface area (TPSA) is 88.3 Å². The Kier molecular flexibility index (Phi) is 5.41. The monoisotopic (exact) mass is 376 g/mol. The van der Waals surface area contributed by atoms with Crippen LogP contribution in [0.3, 0.4) is 0 Å². The highest BCUT2D eigenvalue weighted by Gasteiger charge is 2.29. The van der Waals surface area contributed by atoms with E-state index in [1.165, 1.54) is 17.6 Å². The minimum Gasteiger partial charge on any atom is -0.459 e. The van der Waals surface area contributed by atoms with Crippen molar-refractivity contribution < 1.29 is 14.0 Å². The van der Waals surface area contributed by atoms with E-state index in [4.69, 9.17) is 4.42 Å². The SMILES string of the molecule is CC(C)(C)Cc1nnc(NC(=O)C2CCN(C(=O)c3ccco3)CC2)s1. The van der Waals surface area contributed by atoms with Crippen molar-refractivity contribution in [3.05, 3.63) is 29.2 Å². The number of hydrogen-bond acceptors (Lipinski definition) is 6. The third-order valence-electron chi connectivity index (χ3n) is 4.26. The molecule has 0 aromatic carbocycles. The Morgan fingerprint density at radius 1 is 1.31 bits per heavy atom. The number of nitrogens with zero attached hydrogens (tertiary/aromatic N) is 3. The van der Waals surface area contributed by atoms with E-state index in [0.717, 1.165) is 11.4 Å². The van der Waals surface area contributed by atoms with Crippen LogP contribution in [0.4, 0.5) is 5.13 Å². The molecule has 0 unspecified atom stereocenters. The summed E-state index contributed by atoms with van der Waals surface area (Å²) in [5.41, 5.74) is 0.133. The molecule has 1 saturated heterocycles. The van der Waals surface area contributed by atoms with Gasteiger partial charge in [0.25, 0.3) is 5.91 Å². The van der Waals surface area contributed by atoms with Crippen LogP contribution in [0.5, 0.6) is 0 Å². The first-order valence-electron chi connectivity index (χ1n) is 8.78. The number of rotatable bonds is 4. The smallest absolute Gasteiger partial charge is 0.289 e. The molecule has 2 aromatic rings.